The molecule has 0 unspecified atom stereocenters. The van der Waals surface area contributed by atoms with E-state index in [0.29, 0.717) is 0 Å². The van der Waals surface area contributed by atoms with Crippen molar-refractivity contribution < 1.29 is 63.8 Å². The second-order valence-corrected chi connectivity index (χ2v) is 0. The molecule has 0 aromatic carbocycles. The Kier molecular flexibility index (Phi) is 1870000. The maximum absolute atomic E-state index is 4.00. The summed E-state index contributed by atoms with van der Waals surface area (Å²) in [6, 6.07) is 0. The van der Waals surface area contributed by atoms with Gasteiger partial charge in [0.25, 0.3) is 0 Å². The number of hydrogen-bond donors (Lipinski definition) is 0. The summed E-state index contributed by atoms with van der Waals surface area (Å²) < 4.78 is 0. The van der Waals surface area contributed by atoms with Gasteiger partial charge in [-0.15, -0.1) is 51.4 Å². The van der Waals surface area contributed by atoms with Gasteiger partial charge in [0, 0.05) is 39.0 Å². The van der Waals surface area contributed by atoms with E-state index in [2.05, 4.69) is 51.4 Å². The Morgan fingerprint density at radius 1 is 0.333 bits per heavy atom. The fraction of sp³-hybridized carbons (Fsp3) is 0. The van der Waals surface area contributed by atoms with Crippen LogP contribution in [0.25, 0.3) is 0 Å². The Morgan fingerprint density at radius 3 is 0.333 bits per heavy atom. The molecule has 0 heterocycles. The monoisotopic (exact) mass is 380 g/mol. The average Bonchev–Trinajstić information content (AvgIpc) is 2.03. The van der Waals surface area contributed by atoms with E-state index in [1.54, 1.807) is 0 Å². The largest absolute Gasteiger partial charge is 1.00 e. The number of halogens is 2. The molecule has 74 valence electrons. The van der Waals surface area contributed by atoms with Gasteiger partial charge in [-0.1, -0.05) is 0 Å². The molecule has 0 fully saturated rings. The summed E-state index contributed by atoms with van der Waals surface area (Å²) in [6.45, 7) is 0. The van der Waals surface area contributed by atoms with Crippen molar-refractivity contribution in [3.8, 4) is 51.4 Å². The molecular formula is C8H8Cl2Rh2-2. The van der Waals surface area contributed by atoms with Crippen LogP contribution < -0.4 is 24.8 Å². The molecule has 0 nitrogen and oxygen atoms in total. The molecule has 0 aromatic heterocycles. The molecule has 12 heavy (non-hydrogen) atoms. The second-order valence-electron chi connectivity index (χ2n) is 0. The van der Waals surface area contributed by atoms with Crippen LogP contribution in [0.3, 0.4) is 0 Å². The van der Waals surface area contributed by atoms with Crippen LogP contribution in [-0.4, -0.2) is 0 Å². The second kappa shape index (κ2) is 252000. The molecule has 0 atom stereocenters. The van der Waals surface area contributed by atoms with Crippen molar-refractivity contribution in [3.05, 3.63) is 0 Å². The standard InChI is InChI=1S/4C2H2.2ClH.2Rh/c4*1-2;;;;/h4*1-2H;2*1H;;/p-2. The molecule has 0 aromatic rings. The topological polar surface area (TPSA) is 0 Å². The first-order valence-electron chi connectivity index (χ1n) is 1.33. The van der Waals surface area contributed by atoms with E-state index >= 15 is 0 Å². The van der Waals surface area contributed by atoms with Crippen molar-refractivity contribution in [2.24, 2.45) is 0 Å². The molecular weight excluding hydrogens is 373 g/mol. The number of hydrogen-bond acceptors (Lipinski definition) is 0. The van der Waals surface area contributed by atoms with Crippen molar-refractivity contribution >= 4 is 0 Å². The molecule has 0 aliphatic carbocycles. The summed E-state index contributed by atoms with van der Waals surface area (Å²) in [4.78, 5) is 0. The van der Waals surface area contributed by atoms with Gasteiger partial charge in [-0.3, -0.25) is 0 Å². The van der Waals surface area contributed by atoms with Crippen LogP contribution in [-0.2, 0) is 39.0 Å². The Labute approximate surface area is 114 Å². The minimum atomic E-state index is 0. The zero-order valence-electron chi connectivity index (χ0n) is 6.04. The Balaban J connectivity index is -0.00000000267. The van der Waals surface area contributed by atoms with Crippen LogP contribution in [0.4, 0.5) is 0 Å². The van der Waals surface area contributed by atoms with Crippen molar-refractivity contribution in [1.29, 1.82) is 0 Å². The smallest absolute Gasteiger partial charge is 0 e. The fourth-order valence-electron chi connectivity index (χ4n) is 0. The molecule has 0 saturated carbocycles. The van der Waals surface area contributed by atoms with Gasteiger partial charge < -0.3 is 24.8 Å². The van der Waals surface area contributed by atoms with Gasteiger partial charge in [0.05, 0.1) is 0 Å². The molecule has 4 heteroatoms. The van der Waals surface area contributed by atoms with Crippen molar-refractivity contribution in [2.45, 2.75) is 0 Å². The van der Waals surface area contributed by atoms with E-state index in [1.807, 2.05) is 0 Å². The molecule has 0 spiro atoms. The molecule has 0 bridgehead atoms. The minimum absolute atomic E-state index is 0. The molecule has 0 amide bonds. The van der Waals surface area contributed by atoms with Gasteiger partial charge in [0.15, 0.2) is 0 Å². The van der Waals surface area contributed by atoms with Gasteiger partial charge >= 0.3 is 0 Å². The van der Waals surface area contributed by atoms with E-state index in [1.165, 1.54) is 0 Å². The third-order valence-electron chi connectivity index (χ3n) is 0. The van der Waals surface area contributed by atoms with Crippen molar-refractivity contribution in [1.82, 2.24) is 0 Å². The normalized spacial score (nSPS) is 0.667. The van der Waals surface area contributed by atoms with Gasteiger partial charge in [-0.2, -0.15) is 0 Å². The van der Waals surface area contributed by atoms with Gasteiger partial charge in [-0.05, 0) is 0 Å². The maximum Gasteiger partial charge on any atom is 0 e. The zero-order chi connectivity index (χ0) is 8.00. The summed E-state index contributed by atoms with van der Waals surface area (Å²) in [5, 5.41) is 0. The molecule has 0 saturated heterocycles. The first-order valence-corrected chi connectivity index (χ1v) is 1.33. The maximum atomic E-state index is 4.00. The fourth-order valence-corrected chi connectivity index (χ4v) is 0. The Hall–Kier alpha value is 0.0668. The van der Waals surface area contributed by atoms with Crippen LogP contribution >= 0.6 is 0 Å². The van der Waals surface area contributed by atoms with Crippen LogP contribution in [0.1, 0.15) is 0 Å². The zero-order valence-corrected chi connectivity index (χ0v) is 10.8. The minimum Gasteiger partial charge on any atom is -1.00 e. The van der Waals surface area contributed by atoms with E-state index in [4.69, 9.17) is 0 Å². The van der Waals surface area contributed by atoms with Crippen molar-refractivity contribution in [3.63, 3.8) is 0 Å². The Bertz CT molecular complexity index is 58.0. The third-order valence-corrected chi connectivity index (χ3v) is 0. The third kappa shape index (κ3) is 186000. The van der Waals surface area contributed by atoms with Gasteiger partial charge in [0.1, 0.15) is 0 Å². The SMILES string of the molecule is C#C.C#C.C#C.C#C.[Cl-].[Cl-].[Rh].[Rh]. The molecule has 0 aliphatic rings. The molecule has 0 aliphatic heterocycles. The first kappa shape index (κ1) is 89.4. The van der Waals surface area contributed by atoms with E-state index in [9.17, 15) is 0 Å². The summed E-state index contributed by atoms with van der Waals surface area (Å²) in [5.41, 5.74) is 0. The molecule has 2 radical (unpaired) electrons. The van der Waals surface area contributed by atoms with E-state index < -0.39 is 0 Å². The number of rotatable bonds is 0. The first-order chi connectivity index (χ1) is 4.00. The predicted octanol–water partition coefficient (Wildman–Crippen LogP) is -5.00. The van der Waals surface area contributed by atoms with Gasteiger partial charge in [0.2, 0.25) is 0 Å². The quantitative estimate of drug-likeness (QED) is 0.292. The summed E-state index contributed by atoms with van der Waals surface area (Å²) in [5.74, 6) is 0. The predicted molar refractivity (Wildman–Crippen MR) is 39.6 cm³/mol. The summed E-state index contributed by atoms with van der Waals surface area (Å²) in [7, 11) is 0. The summed E-state index contributed by atoms with van der Waals surface area (Å²) in [6.07, 6.45) is 32.0. The number of terminal acetylenes is 4. The molecule has 0 N–H and O–H groups in total. The molecule has 0 rings (SSSR count). The van der Waals surface area contributed by atoms with Crippen LogP contribution in [0.5, 0.6) is 0 Å². The van der Waals surface area contributed by atoms with Crippen molar-refractivity contribution in [2.75, 3.05) is 0 Å². The average molecular weight is 381 g/mol. The Morgan fingerprint density at radius 2 is 0.333 bits per heavy atom. The van der Waals surface area contributed by atoms with Crippen LogP contribution in [0, 0.1) is 51.4 Å². The van der Waals surface area contributed by atoms with Crippen LogP contribution in [0.15, 0.2) is 0 Å². The van der Waals surface area contributed by atoms with E-state index in [0.717, 1.165) is 0 Å². The van der Waals surface area contributed by atoms with Gasteiger partial charge in [-0.25, -0.2) is 0 Å². The summed E-state index contributed by atoms with van der Waals surface area (Å²) >= 11 is 0. The van der Waals surface area contributed by atoms with Crippen LogP contribution in [0.2, 0.25) is 0 Å². The van der Waals surface area contributed by atoms with E-state index in [-0.39, 0.29) is 63.8 Å².